The summed E-state index contributed by atoms with van der Waals surface area (Å²) in [5.74, 6) is 0. The van der Waals surface area contributed by atoms with E-state index in [1.807, 2.05) is 11.0 Å². The number of rotatable bonds is 3. The number of ether oxygens (including phenoxy) is 1. The molecule has 1 aliphatic heterocycles. The molecule has 1 unspecified atom stereocenters. The van der Waals surface area contributed by atoms with Gasteiger partial charge in [-0.25, -0.2) is 0 Å². The predicted octanol–water partition coefficient (Wildman–Crippen LogP) is 0.664. The van der Waals surface area contributed by atoms with Gasteiger partial charge >= 0.3 is 0 Å². The number of aliphatic hydroxyl groups excluding tert-OH is 1. The Labute approximate surface area is 109 Å². The van der Waals surface area contributed by atoms with E-state index in [-0.39, 0.29) is 24.0 Å². The Morgan fingerprint density at radius 3 is 3.05 bits per heavy atom. The summed E-state index contributed by atoms with van der Waals surface area (Å²) in [5, 5.41) is 28.8. The van der Waals surface area contributed by atoms with Crippen LogP contribution < -0.4 is 4.90 Å². The van der Waals surface area contributed by atoms with E-state index >= 15 is 0 Å². The number of benzene rings is 1. The monoisotopic (exact) mass is 263 g/mol. The Kier molecular flexibility index (Phi) is 3.94. The Hall–Kier alpha value is -2.17. The van der Waals surface area contributed by atoms with Crippen molar-refractivity contribution in [1.29, 1.82) is 5.26 Å². The predicted molar refractivity (Wildman–Crippen MR) is 66.9 cm³/mol. The molecule has 0 aromatic heterocycles. The molecule has 1 heterocycles. The highest BCUT2D eigenvalue weighted by atomic mass is 16.6. The number of nitriles is 1. The van der Waals surface area contributed by atoms with Crippen molar-refractivity contribution in [2.75, 3.05) is 31.2 Å². The first-order valence-electron chi connectivity index (χ1n) is 5.81. The normalized spacial score (nSPS) is 18.9. The summed E-state index contributed by atoms with van der Waals surface area (Å²) in [6.07, 6.45) is -0.269. The molecule has 1 aromatic carbocycles. The quantitative estimate of drug-likeness (QED) is 0.635. The Morgan fingerprint density at radius 1 is 1.63 bits per heavy atom. The van der Waals surface area contributed by atoms with Gasteiger partial charge in [-0.2, -0.15) is 5.26 Å². The number of nitro groups is 1. The van der Waals surface area contributed by atoms with Crippen LogP contribution in [-0.4, -0.2) is 42.4 Å². The maximum atomic E-state index is 10.8. The van der Waals surface area contributed by atoms with Crippen LogP contribution in [-0.2, 0) is 4.74 Å². The molecule has 1 fully saturated rings. The summed E-state index contributed by atoms with van der Waals surface area (Å²) in [6.45, 7) is 1.52. The first-order valence-corrected chi connectivity index (χ1v) is 5.81. The minimum Gasteiger partial charge on any atom is -0.394 e. The van der Waals surface area contributed by atoms with Crippen molar-refractivity contribution in [2.45, 2.75) is 6.10 Å². The van der Waals surface area contributed by atoms with Crippen LogP contribution in [0.4, 0.5) is 11.4 Å². The second-order valence-electron chi connectivity index (χ2n) is 4.19. The summed E-state index contributed by atoms with van der Waals surface area (Å²) < 4.78 is 5.33. The summed E-state index contributed by atoms with van der Waals surface area (Å²) in [6, 6.07) is 6.27. The average Bonchev–Trinajstić information content (AvgIpc) is 2.46. The first-order chi connectivity index (χ1) is 9.15. The molecular formula is C12H13N3O4. The second kappa shape index (κ2) is 5.65. The Morgan fingerprint density at radius 2 is 2.42 bits per heavy atom. The molecule has 0 aliphatic carbocycles. The van der Waals surface area contributed by atoms with E-state index in [0.29, 0.717) is 19.7 Å². The zero-order valence-corrected chi connectivity index (χ0v) is 10.2. The number of hydrogen-bond donors (Lipinski definition) is 1. The van der Waals surface area contributed by atoms with E-state index in [2.05, 4.69) is 0 Å². The summed E-state index contributed by atoms with van der Waals surface area (Å²) in [5.41, 5.74) is 0.566. The number of nitrogens with zero attached hydrogens (tertiary/aromatic N) is 3. The lowest BCUT2D eigenvalue weighted by Gasteiger charge is -2.33. The number of morpholine rings is 1. The molecule has 0 bridgehead atoms. The standard InChI is InChI=1S/C12H13N3O4/c13-6-9-5-10(1-2-12(9)15(17)18)14-3-4-19-11(7-14)8-16/h1-2,5,11,16H,3-4,7-8H2. The van der Waals surface area contributed by atoms with Crippen molar-refractivity contribution in [2.24, 2.45) is 0 Å². The number of anilines is 1. The van der Waals surface area contributed by atoms with Crippen LogP contribution in [0.2, 0.25) is 0 Å². The fourth-order valence-corrected chi connectivity index (χ4v) is 2.03. The highest BCUT2D eigenvalue weighted by Gasteiger charge is 2.22. The Bertz CT molecular complexity index is 526. The molecule has 0 amide bonds. The van der Waals surface area contributed by atoms with Gasteiger partial charge in [0.1, 0.15) is 11.6 Å². The second-order valence-corrected chi connectivity index (χ2v) is 4.19. The molecule has 0 radical (unpaired) electrons. The summed E-state index contributed by atoms with van der Waals surface area (Å²) in [4.78, 5) is 12.1. The maximum Gasteiger partial charge on any atom is 0.287 e. The van der Waals surface area contributed by atoms with Gasteiger partial charge < -0.3 is 14.7 Å². The van der Waals surface area contributed by atoms with Crippen molar-refractivity contribution in [3.8, 4) is 6.07 Å². The van der Waals surface area contributed by atoms with Gasteiger partial charge in [0.05, 0.1) is 24.2 Å². The molecule has 1 atom stereocenters. The first kappa shape index (κ1) is 13.3. The van der Waals surface area contributed by atoms with Crippen LogP contribution in [0.5, 0.6) is 0 Å². The van der Waals surface area contributed by atoms with E-state index in [4.69, 9.17) is 15.1 Å². The summed E-state index contributed by atoms with van der Waals surface area (Å²) in [7, 11) is 0. The van der Waals surface area contributed by atoms with Crippen molar-refractivity contribution < 1.29 is 14.8 Å². The van der Waals surface area contributed by atoms with Crippen molar-refractivity contribution in [1.82, 2.24) is 0 Å². The lowest BCUT2D eigenvalue weighted by molar-refractivity contribution is -0.385. The third-order valence-corrected chi connectivity index (χ3v) is 3.00. The SMILES string of the molecule is N#Cc1cc(N2CCOC(CO)C2)ccc1[N+](=O)[O-]. The summed E-state index contributed by atoms with van der Waals surface area (Å²) >= 11 is 0. The van der Waals surface area contributed by atoms with E-state index in [9.17, 15) is 10.1 Å². The fraction of sp³-hybridized carbons (Fsp3) is 0.417. The molecule has 1 N–H and O–H groups in total. The number of aliphatic hydroxyl groups is 1. The molecule has 1 aromatic rings. The number of hydrogen-bond acceptors (Lipinski definition) is 6. The highest BCUT2D eigenvalue weighted by Crippen LogP contribution is 2.25. The lowest BCUT2D eigenvalue weighted by Crippen LogP contribution is -2.44. The molecule has 0 saturated carbocycles. The molecular weight excluding hydrogens is 250 g/mol. The molecule has 19 heavy (non-hydrogen) atoms. The van der Waals surface area contributed by atoms with Gasteiger partial charge in [-0.1, -0.05) is 0 Å². The molecule has 1 saturated heterocycles. The molecule has 7 heteroatoms. The van der Waals surface area contributed by atoms with Crippen LogP contribution in [0.3, 0.4) is 0 Å². The van der Waals surface area contributed by atoms with Crippen LogP contribution in [0, 0.1) is 21.4 Å². The van der Waals surface area contributed by atoms with Gasteiger partial charge in [-0.05, 0) is 12.1 Å². The van der Waals surface area contributed by atoms with Crippen LogP contribution in [0.25, 0.3) is 0 Å². The largest absolute Gasteiger partial charge is 0.394 e. The third kappa shape index (κ3) is 2.81. The molecule has 7 nitrogen and oxygen atoms in total. The number of nitro benzene ring substituents is 1. The molecule has 100 valence electrons. The molecule has 0 spiro atoms. The zero-order valence-electron chi connectivity index (χ0n) is 10.2. The minimum absolute atomic E-state index is 0.0366. The fourth-order valence-electron chi connectivity index (χ4n) is 2.03. The smallest absolute Gasteiger partial charge is 0.287 e. The van der Waals surface area contributed by atoms with Crippen LogP contribution in [0.15, 0.2) is 18.2 Å². The van der Waals surface area contributed by atoms with Gasteiger partial charge in [-0.3, -0.25) is 10.1 Å². The average molecular weight is 263 g/mol. The van der Waals surface area contributed by atoms with Gasteiger partial charge in [-0.15, -0.1) is 0 Å². The van der Waals surface area contributed by atoms with Gasteiger partial charge in [0, 0.05) is 24.8 Å². The van der Waals surface area contributed by atoms with E-state index < -0.39 is 4.92 Å². The van der Waals surface area contributed by atoms with Gasteiger partial charge in [0.2, 0.25) is 0 Å². The lowest BCUT2D eigenvalue weighted by atomic mass is 10.1. The van der Waals surface area contributed by atoms with Crippen molar-refractivity contribution in [3.05, 3.63) is 33.9 Å². The zero-order chi connectivity index (χ0) is 13.8. The third-order valence-electron chi connectivity index (χ3n) is 3.00. The van der Waals surface area contributed by atoms with E-state index in [0.717, 1.165) is 5.69 Å². The van der Waals surface area contributed by atoms with Crippen LogP contribution >= 0.6 is 0 Å². The highest BCUT2D eigenvalue weighted by molar-refractivity contribution is 5.60. The Balaban J connectivity index is 2.26. The van der Waals surface area contributed by atoms with E-state index in [1.54, 1.807) is 6.07 Å². The molecule has 2 rings (SSSR count). The van der Waals surface area contributed by atoms with Gasteiger partial charge in [0.25, 0.3) is 5.69 Å². The van der Waals surface area contributed by atoms with Gasteiger partial charge in [0.15, 0.2) is 0 Å². The minimum atomic E-state index is -0.571. The van der Waals surface area contributed by atoms with E-state index in [1.165, 1.54) is 12.1 Å². The molecule has 1 aliphatic rings. The maximum absolute atomic E-state index is 10.8. The van der Waals surface area contributed by atoms with Crippen LogP contribution in [0.1, 0.15) is 5.56 Å². The topological polar surface area (TPSA) is 99.6 Å². The van der Waals surface area contributed by atoms with Crippen molar-refractivity contribution in [3.63, 3.8) is 0 Å². The van der Waals surface area contributed by atoms with Crippen molar-refractivity contribution >= 4 is 11.4 Å².